The van der Waals surface area contributed by atoms with Crippen molar-refractivity contribution in [1.29, 1.82) is 0 Å². The highest BCUT2D eigenvalue weighted by Gasteiger charge is 2.43. The van der Waals surface area contributed by atoms with Crippen molar-refractivity contribution in [1.82, 2.24) is 0 Å². The van der Waals surface area contributed by atoms with Gasteiger partial charge in [-0.05, 0) is 18.4 Å². The average molecular weight is 270 g/mol. The Hall–Kier alpha value is -1.32. The minimum Gasteiger partial charge on any atom is -0.299 e. The number of rotatable bonds is 4. The quantitative estimate of drug-likeness (QED) is 0.792. The number of carbonyl (C=O) groups excluding carboxylic acids is 1. The van der Waals surface area contributed by atoms with Crippen LogP contribution in [0.15, 0.2) is 30.3 Å². The van der Waals surface area contributed by atoms with E-state index in [1.54, 1.807) is 0 Å². The van der Waals surface area contributed by atoms with Crippen LogP contribution in [0.5, 0.6) is 0 Å². The summed E-state index contributed by atoms with van der Waals surface area (Å²) in [5, 5.41) is 0. The Kier molecular flexibility index (Phi) is 3.97. The van der Waals surface area contributed by atoms with Gasteiger partial charge >= 0.3 is 6.18 Å². The maximum Gasteiger partial charge on any atom is 0.389 e. The van der Waals surface area contributed by atoms with E-state index in [-0.39, 0.29) is 5.78 Å². The lowest BCUT2D eigenvalue weighted by Gasteiger charge is -2.28. The van der Waals surface area contributed by atoms with Crippen LogP contribution in [0.1, 0.15) is 44.1 Å². The van der Waals surface area contributed by atoms with Gasteiger partial charge in [-0.2, -0.15) is 13.2 Å². The smallest absolute Gasteiger partial charge is 0.299 e. The van der Waals surface area contributed by atoms with Gasteiger partial charge in [0.2, 0.25) is 0 Å². The maximum absolute atomic E-state index is 12.3. The van der Waals surface area contributed by atoms with E-state index < -0.39 is 24.4 Å². The molecule has 0 heterocycles. The highest BCUT2D eigenvalue weighted by atomic mass is 19.4. The fourth-order valence-corrected chi connectivity index (χ4v) is 2.96. The number of hydrogen-bond donors (Lipinski definition) is 0. The molecule has 1 aliphatic rings. The first-order valence-electron chi connectivity index (χ1n) is 6.60. The van der Waals surface area contributed by atoms with E-state index in [0.717, 1.165) is 18.4 Å². The third-order valence-electron chi connectivity index (χ3n) is 3.95. The number of hydrogen-bond acceptors (Lipinski definition) is 1. The molecule has 1 aromatic carbocycles. The van der Waals surface area contributed by atoms with E-state index in [0.29, 0.717) is 12.8 Å². The van der Waals surface area contributed by atoms with Crippen LogP contribution < -0.4 is 0 Å². The van der Waals surface area contributed by atoms with Crippen molar-refractivity contribution in [3.8, 4) is 0 Å². The molecule has 0 radical (unpaired) electrons. The van der Waals surface area contributed by atoms with E-state index in [4.69, 9.17) is 0 Å². The summed E-state index contributed by atoms with van der Waals surface area (Å²) in [7, 11) is 0. The second-order valence-corrected chi connectivity index (χ2v) is 5.19. The first kappa shape index (κ1) is 14.1. The number of Topliss-reactive ketones (excluding diaryl/α,β-unsaturated/α-hetero) is 1. The number of ketones is 1. The second kappa shape index (κ2) is 5.35. The fourth-order valence-electron chi connectivity index (χ4n) is 2.96. The van der Waals surface area contributed by atoms with Crippen molar-refractivity contribution in [2.45, 2.75) is 50.1 Å². The van der Waals surface area contributed by atoms with Crippen LogP contribution in [0.3, 0.4) is 0 Å². The zero-order valence-corrected chi connectivity index (χ0v) is 10.7. The Morgan fingerprint density at radius 1 is 1.11 bits per heavy atom. The standard InChI is InChI=1S/C15H17F3O/c16-15(17,18)11-8-13(19)14(9-4-5-10-14)12-6-2-1-3-7-12/h1-3,6-7H,4-5,8-11H2. The van der Waals surface area contributed by atoms with Crippen LogP contribution >= 0.6 is 0 Å². The Labute approximate surface area is 110 Å². The zero-order valence-electron chi connectivity index (χ0n) is 10.7. The Bertz CT molecular complexity index is 430. The molecular weight excluding hydrogens is 253 g/mol. The molecule has 2 rings (SSSR count). The van der Waals surface area contributed by atoms with Gasteiger partial charge in [0.05, 0.1) is 11.8 Å². The molecule has 0 spiro atoms. The van der Waals surface area contributed by atoms with Gasteiger partial charge in [0.15, 0.2) is 0 Å². The molecule has 0 N–H and O–H groups in total. The summed E-state index contributed by atoms with van der Waals surface area (Å²) < 4.78 is 36.8. The molecule has 0 aromatic heterocycles. The highest BCUT2D eigenvalue weighted by molar-refractivity contribution is 5.90. The van der Waals surface area contributed by atoms with Crippen LogP contribution in [0.4, 0.5) is 13.2 Å². The molecular formula is C15H17F3O. The summed E-state index contributed by atoms with van der Waals surface area (Å²) in [6, 6.07) is 9.25. The molecule has 0 atom stereocenters. The Morgan fingerprint density at radius 3 is 2.21 bits per heavy atom. The van der Waals surface area contributed by atoms with Crippen molar-refractivity contribution >= 4 is 5.78 Å². The molecule has 1 aliphatic carbocycles. The predicted molar refractivity (Wildman–Crippen MR) is 66.9 cm³/mol. The summed E-state index contributed by atoms with van der Waals surface area (Å²) in [6.07, 6.45) is -2.51. The molecule has 1 aromatic rings. The summed E-state index contributed by atoms with van der Waals surface area (Å²) in [4.78, 5) is 12.3. The van der Waals surface area contributed by atoms with Gasteiger partial charge in [-0.1, -0.05) is 43.2 Å². The monoisotopic (exact) mass is 270 g/mol. The van der Waals surface area contributed by atoms with Gasteiger partial charge in [0, 0.05) is 6.42 Å². The minimum atomic E-state index is -4.26. The van der Waals surface area contributed by atoms with Crippen molar-refractivity contribution in [3.05, 3.63) is 35.9 Å². The van der Waals surface area contributed by atoms with Crippen LogP contribution in [-0.4, -0.2) is 12.0 Å². The fraction of sp³-hybridized carbons (Fsp3) is 0.533. The first-order chi connectivity index (χ1) is 8.94. The zero-order chi connectivity index (χ0) is 13.9. The molecule has 4 heteroatoms. The lowest BCUT2D eigenvalue weighted by atomic mass is 9.74. The third kappa shape index (κ3) is 3.17. The summed E-state index contributed by atoms with van der Waals surface area (Å²) in [6.45, 7) is 0. The van der Waals surface area contributed by atoms with Crippen molar-refractivity contribution in [2.24, 2.45) is 0 Å². The minimum absolute atomic E-state index is 0.256. The van der Waals surface area contributed by atoms with E-state index >= 15 is 0 Å². The topological polar surface area (TPSA) is 17.1 Å². The normalized spacial score (nSPS) is 18.5. The predicted octanol–water partition coefficient (Wildman–Crippen LogP) is 4.41. The maximum atomic E-state index is 12.3. The summed E-state index contributed by atoms with van der Waals surface area (Å²) >= 11 is 0. The molecule has 104 valence electrons. The molecule has 0 aliphatic heterocycles. The van der Waals surface area contributed by atoms with Gasteiger partial charge < -0.3 is 0 Å². The van der Waals surface area contributed by atoms with Gasteiger partial charge in [0.1, 0.15) is 5.78 Å². The number of alkyl halides is 3. The first-order valence-corrected chi connectivity index (χ1v) is 6.60. The average Bonchev–Trinajstić information content (AvgIpc) is 2.87. The lowest BCUT2D eigenvalue weighted by molar-refractivity contribution is -0.145. The Morgan fingerprint density at radius 2 is 1.68 bits per heavy atom. The molecule has 1 fully saturated rings. The van der Waals surface area contributed by atoms with Gasteiger partial charge in [-0.25, -0.2) is 0 Å². The van der Waals surface area contributed by atoms with E-state index in [1.807, 2.05) is 30.3 Å². The van der Waals surface area contributed by atoms with Crippen molar-refractivity contribution in [3.63, 3.8) is 0 Å². The molecule has 0 amide bonds. The SMILES string of the molecule is O=C(CCC(F)(F)F)C1(c2ccccc2)CCCC1. The molecule has 1 nitrogen and oxygen atoms in total. The van der Waals surface area contributed by atoms with Crippen LogP contribution in [0.25, 0.3) is 0 Å². The highest BCUT2D eigenvalue weighted by Crippen LogP contribution is 2.43. The lowest BCUT2D eigenvalue weighted by Crippen LogP contribution is -2.33. The number of carbonyl (C=O) groups is 1. The van der Waals surface area contributed by atoms with E-state index in [2.05, 4.69) is 0 Å². The van der Waals surface area contributed by atoms with Crippen molar-refractivity contribution in [2.75, 3.05) is 0 Å². The van der Waals surface area contributed by atoms with E-state index in [9.17, 15) is 18.0 Å². The van der Waals surface area contributed by atoms with Gasteiger partial charge in [-0.15, -0.1) is 0 Å². The van der Waals surface area contributed by atoms with Crippen molar-refractivity contribution < 1.29 is 18.0 Å². The molecule has 0 unspecified atom stereocenters. The summed E-state index contributed by atoms with van der Waals surface area (Å²) in [5.41, 5.74) is 0.201. The third-order valence-corrected chi connectivity index (χ3v) is 3.95. The number of benzene rings is 1. The second-order valence-electron chi connectivity index (χ2n) is 5.19. The summed E-state index contributed by atoms with van der Waals surface area (Å²) in [5.74, 6) is -0.256. The van der Waals surface area contributed by atoms with E-state index in [1.165, 1.54) is 0 Å². The van der Waals surface area contributed by atoms with Crippen LogP contribution in [-0.2, 0) is 10.2 Å². The molecule has 1 saturated carbocycles. The van der Waals surface area contributed by atoms with Crippen LogP contribution in [0, 0.1) is 0 Å². The Balaban J connectivity index is 2.18. The largest absolute Gasteiger partial charge is 0.389 e. The molecule has 0 saturated heterocycles. The molecule has 0 bridgehead atoms. The van der Waals surface area contributed by atoms with Gasteiger partial charge in [-0.3, -0.25) is 4.79 Å². The van der Waals surface area contributed by atoms with Gasteiger partial charge in [0.25, 0.3) is 0 Å². The van der Waals surface area contributed by atoms with Crippen LogP contribution in [0.2, 0.25) is 0 Å². The number of halogens is 3. The molecule has 19 heavy (non-hydrogen) atoms.